The van der Waals surface area contributed by atoms with E-state index < -0.39 is 47.7 Å². The number of nitrogens with zero attached hydrogens (tertiary/aromatic N) is 2. The first kappa shape index (κ1) is 21.1. The largest absolute Gasteiger partial charge is 0.386 e. The summed E-state index contributed by atoms with van der Waals surface area (Å²) in [5.74, 6) is -5.69. The number of aliphatic hydroxyl groups is 1. The molecule has 2 fully saturated rings. The number of anilines is 1. The molecule has 0 aliphatic heterocycles. The van der Waals surface area contributed by atoms with E-state index in [0.717, 1.165) is 26.2 Å². The van der Waals surface area contributed by atoms with E-state index in [-0.39, 0.29) is 17.5 Å². The smallest absolute Gasteiger partial charge is 0.281 e. The maximum atomic E-state index is 14.7. The van der Waals surface area contributed by atoms with Crippen molar-refractivity contribution in [3.63, 3.8) is 0 Å². The van der Waals surface area contributed by atoms with E-state index in [1.165, 1.54) is 6.07 Å². The Morgan fingerprint density at radius 3 is 2.50 bits per heavy atom. The van der Waals surface area contributed by atoms with Crippen molar-refractivity contribution in [2.24, 2.45) is 5.92 Å². The number of benzene rings is 1. The van der Waals surface area contributed by atoms with Gasteiger partial charge in [0.1, 0.15) is 5.52 Å². The summed E-state index contributed by atoms with van der Waals surface area (Å²) in [5, 5.41) is 12.9. The minimum Gasteiger partial charge on any atom is -0.386 e. The first-order valence-electron chi connectivity index (χ1n) is 10.1. The molecule has 2 N–H and O–H groups in total. The quantitative estimate of drug-likeness (QED) is 0.671. The number of alkyl halides is 3. The maximum Gasteiger partial charge on any atom is 0.281 e. The third kappa shape index (κ3) is 3.27. The van der Waals surface area contributed by atoms with Gasteiger partial charge in [0.2, 0.25) is 11.9 Å². The monoisotopic (exact) mass is 427 g/mol. The maximum absolute atomic E-state index is 14.7. The number of halogens is 4. The van der Waals surface area contributed by atoms with Crippen LogP contribution in [0.3, 0.4) is 0 Å². The average molecular weight is 427 g/mol. The van der Waals surface area contributed by atoms with Crippen LogP contribution in [0.25, 0.3) is 11.0 Å². The molecule has 1 amide bonds. The molecule has 5 nitrogen and oxygen atoms in total. The van der Waals surface area contributed by atoms with E-state index in [2.05, 4.69) is 10.3 Å². The highest BCUT2D eigenvalue weighted by atomic mass is 19.3. The van der Waals surface area contributed by atoms with Crippen LogP contribution in [0.2, 0.25) is 0 Å². The van der Waals surface area contributed by atoms with Crippen LogP contribution in [-0.2, 0) is 10.4 Å². The summed E-state index contributed by atoms with van der Waals surface area (Å²) in [6.07, 6.45) is 1.52. The molecule has 0 radical (unpaired) electrons. The van der Waals surface area contributed by atoms with Crippen LogP contribution in [0.5, 0.6) is 0 Å². The number of hydrogen-bond acceptors (Lipinski definition) is 3. The van der Waals surface area contributed by atoms with E-state index in [1.807, 2.05) is 0 Å². The lowest BCUT2D eigenvalue weighted by atomic mass is 9.67. The first-order valence-corrected chi connectivity index (χ1v) is 10.1. The topological polar surface area (TPSA) is 67.2 Å². The SMILES string of the molecule is CC(C)(O)c1cc(F)c2nc(NC(=O)CC3CC(F)(F)C3(C)F)n(C3CCC3)c2c1. The van der Waals surface area contributed by atoms with Gasteiger partial charge in [-0.15, -0.1) is 0 Å². The molecule has 9 heteroatoms. The Kier molecular flexibility index (Phi) is 4.69. The molecule has 2 atom stereocenters. The van der Waals surface area contributed by atoms with Gasteiger partial charge in [0.25, 0.3) is 5.92 Å². The molecule has 0 bridgehead atoms. The van der Waals surface area contributed by atoms with Crippen LogP contribution in [-0.4, -0.2) is 32.2 Å². The molecular formula is C21H25F4N3O2. The number of imidazole rings is 1. The first-order chi connectivity index (χ1) is 13.8. The molecule has 2 aliphatic rings. The van der Waals surface area contributed by atoms with Crippen molar-refractivity contribution in [1.82, 2.24) is 9.55 Å². The lowest BCUT2D eigenvalue weighted by Gasteiger charge is -2.47. The highest BCUT2D eigenvalue weighted by Crippen LogP contribution is 2.55. The molecule has 2 saturated carbocycles. The lowest BCUT2D eigenvalue weighted by Crippen LogP contribution is -2.60. The third-order valence-electron chi connectivity index (χ3n) is 6.56. The molecule has 1 heterocycles. The molecule has 2 aromatic rings. The van der Waals surface area contributed by atoms with E-state index in [1.54, 1.807) is 24.5 Å². The zero-order chi connectivity index (χ0) is 22.1. The average Bonchev–Trinajstić information content (AvgIpc) is 2.91. The van der Waals surface area contributed by atoms with Gasteiger partial charge in [-0.2, -0.15) is 0 Å². The molecular weight excluding hydrogens is 402 g/mol. The van der Waals surface area contributed by atoms with Gasteiger partial charge < -0.3 is 9.67 Å². The molecule has 164 valence electrons. The van der Waals surface area contributed by atoms with Crippen LogP contribution in [0.1, 0.15) is 64.5 Å². The van der Waals surface area contributed by atoms with Crippen LogP contribution >= 0.6 is 0 Å². The Bertz CT molecular complexity index is 1010. The minimum atomic E-state index is -3.44. The zero-order valence-electron chi connectivity index (χ0n) is 17.1. The van der Waals surface area contributed by atoms with Crippen molar-refractivity contribution in [3.05, 3.63) is 23.5 Å². The fourth-order valence-corrected chi connectivity index (χ4v) is 4.14. The number of nitrogens with one attached hydrogen (secondary N) is 1. The van der Waals surface area contributed by atoms with Crippen LogP contribution < -0.4 is 5.32 Å². The molecule has 1 aromatic carbocycles. The summed E-state index contributed by atoms with van der Waals surface area (Å²) in [5.41, 5.74) is -3.13. The van der Waals surface area contributed by atoms with Gasteiger partial charge in [-0.1, -0.05) is 0 Å². The third-order valence-corrected chi connectivity index (χ3v) is 6.56. The predicted molar refractivity (Wildman–Crippen MR) is 104 cm³/mol. The van der Waals surface area contributed by atoms with Gasteiger partial charge in [0.05, 0.1) is 11.1 Å². The van der Waals surface area contributed by atoms with Crippen LogP contribution in [0.4, 0.5) is 23.5 Å². The van der Waals surface area contributed by atoms with Gasteiger partial charge in [-0.05, 0) is 57.7 Å². The zero-order valence-corrected chi connectivity index (χ0v) is 17.1. The van der Waals surface area contributed by atoms with E-state index in [4.69, 9.17) is 0 Å². The summed E-state index contributed by atoms with van der Waals surface area (Å²) < 4.78 is 57.4. The summed E-state index contributed by atoms with van der Waals surface area (Å²) >= 11 is 0. The van der Waals surface area contributed by atoms with Gasteiger partial charge in [0.15, 0.2) is 11.5 Å². The Morgan fingerprint density at radius 2 is 2.00 bits per heavy atom. The van der Waals surface area contributed by atoms with Crippen molar-refractivity contribution in [1.29, 1.82) is 0 Å². The molecule has 0 spiro atoms. The Hall–Kier alpha value is -2.16. The van der Waals surface area contributed by atoms with Gasteiger partial charge in [-0.25, -0.2) is 22.5 Å². The van der Waals surface area contributed by atoms with E-state index in [0.29, 0.717) is 11.1 Å². The number of fused-ring (bicyclic) bond motifs is 1. The number of aromatic nitrogens is 2. The van der Waals surface area contributed by atoms with Crippen LogP contribution in [0, 0.1) is 11.7 Å². The number of carbonyl (C=O) groups excluding carboxylic acids is 1. The standard InChI is InChI=1S/C21H25F4N3O2/c1-19(2,30)11-7-14(22)17-15(8-11)28(13-5-4-6-13)18(27-17)26-16(29)9-12-10-21(24,25)20(12,3)23/h7-8,12-13,30H,4-6,9-10H2,1-3H3,(H,26,27,29). The molecule has 0 saturated heterocycles. The normalized spacial score (nSPS) is 26.3. The van der Waals surface area contributed by atoms with Crippen LogP contribution in [0.15, 0.2) is 12.1 Å². The van der Waals surface area contributed by atoms with Crippen molar-refractivity contribution >= 4 is 22.9 Å². The van der Waals surface area contributed by atoms with Crippen molar-refractivity contribution in [3.8, 4) is 0 Å². The van der Waals surface area contributed by atoms with Crippen molar-refractivity contribution in [2.75, 3.05) is 5.32 Å². The van der Waals surface area contributed by atoms with Crippen molar-refractivity contribution in [2.45, 2.75) is 76.1 Å². The van der Waals surface area contributed by atoms with E-state index >= 15 is 0 Å². The number of rotatable bonds is 5. The molecule has 2 unspecified atom stereocenters. The summed E-state index contributed by atoms with van der Waals surface area (Å²) in [6.45, 7) is 3.90. The second kappa shape index (κ2) is 6.67. The summed E-state index contributed by atoms with van der Waals surface area (Å²) in [6, 6.07) is 2.85. The second-order valence-electron chi connectivity index (χ2n) is 9.21. The van der Waals surface area contributed by atoms with Gasteiger partial charge in [-0.3, -0.25) is 10.1 Å². The molecule has 2 aliphatic carbocycles. The summed E-state index contributed by atoms with van der Waals surface area (Å²) in [7, 11) is 0. The van der Waals surface area contributed by atoms with E-state index in [9.17, 15) is 27.5 Å². The van der Waals surface area contributed by atoms with Gasteiger partial charge in [0, 0.05) is 24.8 Å². The highest BCUT2D eigenvalue weighted by Gasteiger charge is 2.66. The molecule has 4 rings (SSSR count). The fourth-order valence-electron chi connectivity index (χ4n) is 4.14. The number of carbonyl (C=O) groups is 1. The fraction of sp³-hybridized carbons (Fsp3) is 0.619. The van der Waals surface area contributed by atoms with Gasteiger partial charge >= 0.3 is 0 Å². The second-order valence-corrected chi connectivity index (χ2v) is 9.21. The number of amides is 1. The van der Waals surface area contributed by atoms with Crippen molar-refractivity contribution < 1.29 is 27.5 Å². The minimum absolute atomic E-state index is 0.00114. The predicted octanol–water partition coefficient (Wildman–Crippen LogP) is 4.84. The Morgan fingerprint density at radius 1 is 1.33 bits per heavy atom. The summed E-state index contributed by atoms with van der Waals surface area (Å²) in [4.78, 5) is 16.7. The number of hydrogen-bond donors (Lipinski definition) is 2. The highest BCUT2D eigenvalue weighted by molar-refractivity contribution is 5.92. The molecule has 30 heavy (non-hydrogen) atoms. The Balaban J connectivity index is 1.65. The Labute approximate surface area is 171 Å². The molecule has 1 aromatic heterocycles. The lowest BCUT2D eigenvalue weighted by molar-refractivity contribution is -0.242.